The van der Waals surface area contributed by atoms with E-state index in [-0.39, 0.29) is 18.0 Å². The van der Waals surface area contributed by atoms with Crippen molar-refractivity contribution in [2.24, 2.45) is 0 Å². The van der Waals surface area contributed by atoms with Gasteiger partial charge in [-0.05, 0) is 102 Å². The number of rotatable bonds is 9. The Morgan fingerprint density at radius 3 is 2.67 bits per heavy atom. The molecule has 1 aromatic carbocycles. The lowest BCUT2D eigenvalue weighted by Crippen LogP contribution is -2.31. The predicted octanol–water partition coefficient (Wildman–Crippen LogP) is 4.43. The van der Waals surface area contributed by atoms with Crippen LogP contribution in [0.3, 0.4) is 0 Å². The summed E-state index contributed by atoms with van der Waals surface area (Å²) in [6.07, 6.45) is 11.0. The Morgan fingerprint density at radius 1 is 1.18 bits per heavy atom. The number of carbonyl (C=O) groups is 1. The van der Waals surface area contributed by atoms with E-state index in [1.165, 1.54) is 18.4 Å². The van der Waals surface area contributed by atoms with Gasteiger partial charge in [0.1, 0.15) is 0 Å². The van der Waals surface area contributed by atoms with Crippen LogP contribution in [0.1, 0.15) is 77.3 Å². The molecular formula is C31H42N6O2. The molecule has 0 radical (unpaired) electrons. The summed E-state index contributed by atoms with van der Waals surface area (Å²) >= 11 is 0. The highest BCUT2D eigenvalue weighted by Crippen LogP contribution is 2.35. The minimum absolute atomic E-state index is 0.150. The van der Waals surface area contributed by atoms with Crippen molar-refractivity contribution in [2.75, 3.05) is 40.3 Å². The van der Waals surface area contributed by atoms with E-state index in [0.29, 0.717) is 17.2 Å². The Bertz CT molecular complexity index is 1430. The van der Waals surface area contributed by atoms with Crippen molar-refractivity contribution in [3.8, 4) is 0 Å². The summed E-state index contributed by atoms with van der Waals surface area (Å²) in [5, 5.41) is 8.68. The van der Waals surface area contributed by atoms with E-state index in [2.05, 4.69) is 51.0 Å². The van der Waals surface area contributed by atoms with Crippen LogP contribution < -0.4 is 10.9 Å². The molecule has 0 bridgehead atoms. The molecule has 1 fully saturated rings. The summed E-state index contributed by atoms with van der Waals surface area (Å²) in [5.41, 5.74) is 6.19. The van der Waals surface area contributed by atoms with Crippen LogP contribution in [0.4, 0.5) is 0 Å². The second kappa shape index (κ2) is 11.9. The Morgan fingerprint density at radius 2 is 1.97 bits per heavy atom. The van der Waals surface area contributed by atoms with Gasteiger partial charge < -0.3 is 15.2 Å². The van der Waals surface area contributed by atoms with Gasteiger partial charge in [-0.1, -0.05) is 18.9 Å². The molecule has 1 aliphatic heterocycles. The predicted molar refractivity (Wildman–Crippen MR) is 157 cm³/mol. The second-order valence-electron chi connectivity index (χ2n) is 11.5. The summed E-state index contributed by atoms with van der Waals surface area (Å²) in [6.45, 7) is 8.11. The highest BCUT2D eigenvalue weighted by Gasteiger charge is 2.24. The fourth-order valence-corrected chi connectivity index (χ4v) is 6.11. The summed E-state index contributed by atoms with van der Waals surface area (Å²) in [7, 11) is 4.24. The van der Waals surface area contributed by atoms with Crippen molar-refractivity contribution in [1.82, 2.24) is 29.9 Å². The summed E-state index contributed by atoms with van der Waals surface area (Å²) in [6, 6.07) is 6.58. The SMILES string of the molecule is Cc1cc(C)c(CNC(=O)c2cc(C3=CCN(CCCN(C)C)CC3)cc3c2cnn3C2CCCC2)c(=O)[nH]1. The first-order chi connectivity index (χ1) is 18.8. The summed E-state index contributed by atoms with van der Waals surface area (Å²) in [4.78, 5) is 33.7. The zero-order valence-electron chi connectivity index (χ0n) is 23.8. The Kier molecular flexibility index (Phi) is 8.33. The molecule has 39 heavy (non-hydrogen) atoms. The lowest BCUT2D eigenvalue weighted by Gasteiger charge is -2.27. The van der Waals surface area contributed by atoms with Crippen LogP contribution in [0.25, 0.3) is 16.5 Å². The van der Waals surface area contributed by atoms with Gasteiger partial charge in [0.2, 0.25) is 0 Å². The molecule has 8 nitrogen and oxygen atoms in total. The third-order valence-corrected chi connectivity index (χ3v) is 8.29. The van der Waals surface area contributed by atoms with Crippen molar-refractivity contribution in [3.63, 3.8) is 0 Å². The van der Waals surface area contributed by atoms with Crippen molar-refractivity contribution in [3.05, 3.63) is 68.8 Å². The van der Waals surface area contributed by atoms with Crippen LogP contribution in [0.2, 0.25) is 0 Å². The van der Waals surface area contributed by atoms with Crippen molar-refractivity contribution in [1.29, 1.82) is 0 Å². The van der Waals surface area contributed by atoms with E-state index in [9.17, 15) is 9.59 Å². The van der Waals surface area contributed by atoms with Gasteiger partial charge in [-0.15, -0.1) is 0 Å². The number of hydrogen-bond acceptors (Lipinski definition) is 5. The van der Waals surface area contributed by atoms with E-state index < -0.39 is 0 Å². The molecule has 0 atom stereocenters. The third-order valence-electron chi connectivity index (χ3n) is 8.29. The number of benzene rings is 1. The molecule has 0 unspecified atom stereocenters. The lowest BCUT2D eigenvalue weighted by atomic mass is 9.95. The smallest absolute Gasteiger partial charge is 0.253 e. The summed E-state index contributed by atoms with van der Waals surface area (Å²) in [5.74, 6) is -0.172. The van der Waals surface area contributed by atoms with E-state index in [0.717, 1.165) is 79.6 Å². The number of H-pyrrole nitrogens is 1. The molecule has 3 heterocycles. The molecular weight excluding hydrogens is 488 g/mol. The van der Waals surface area contributed by atoms with Crippen molar-refractivity contribution < 1.29 is 4.79 Å². The number of hydrogen-bond donors (Lipinski definition) is 2. The molecule has 2 aromatic heterocycles. The van der Waals surface area contributed by atoms with Gasteiger partial charge in [-0.2, -0.15) is 5.10 Å². The number of carbonyl (C=O) groups excluding carboxylic acids is 1. The minimum Gasteiger partial charge on any atom is -0.348 e. The Balaban J connectivity index is 1.43. The second-order valence-corrected chi connectivity index (χ2v) is 11.5. The van der Waals surface area contributed by atoms with Crippen LogP contribution in [0.5, 0.6) is 0 Å². The first-order valence-electron chi connectivity index (χ1n) is 14.4. The van der Waals surface area contributed by atoms with Crippen LogP contribution in [0.15, 0.2) is 35.3 Å². The zero-order chi connectivity index (χ0) is 27.5. The number of fused-ring (bicyclic) bond motifs is 1. The van der Waals surface area contributed by atoms with Crippen molar-refractivity contribution >= 4 is 22.4 Å². The van der Waals surface area contributed by atoms with E-state index in [4.69, 9.17) is 5.10 Å². The van der Waals surface area contributed by atoms with Gasteiger partial charge in [0.25, 0.3) is 11.5 Å². The number of aryl methyl sites for hydroxylation is 2. The maximum atomic E-state index is 13.6. The van der Waals surface area contributed by atoms with Gasteiger partial charge in [0.05, 0.1) is 23.3 Å². The maximum absolute atomic E-state index is 13.6. The van der Waals surface area contributed by atoms with E-state index >= 15 is 0 Å². The first kappa shape index (κ1) is 27.3. The molecule has 208 valence electrons. The van der Waals surface area contributed by atoms with Gasteiger partial charge in [0.15, 0.2) is 0 Å². The fraction of sp³-hybridized carbons (Fsp3) is 0.516. The van der Waals surface area contributed by atoms with Crippen LogP contribution in [0, 0.1) is 13.8 Å². The van der Waals surface area contributed by atoms with Crippen LogP contribution in [-0.4, -0.2) is 70.7 Å². The molecule has 1 saturated carbocycles. The number of pyridine rings is 1. The topological polar surface area (TPSA) is 86.3 Å². The van der Waals surface area contributed by atoms with Crippen LogP contribution in [-0.2, 0) is 6.54 Å². The molecule has 2 aliphatic rings. The molecule has 1 amide bonds. The first-order valence-corrected chi connectivity index (χ1v) is 14.4. The highest BCUT2D eigenvalue weighted by molar-refractivity contribution is 6.07. The highest BCUT2D eigenvalue weighted by atomic mass is 16.1. The summed E-state index contributed by atoms with van der Waals surface area (Å²) < 4.78 is 2.15. The standard InChI is InChI=1S/C31H42N6O2/c1-21-16-22(2)34-31(39)27(21)19-32-30(38)26-17-24(23-10-14-36(15-11-23)13-7-12-35(3)4)18-29-28(26)20-33-37(29)25-8-5-6-9-25/h10,16-18,20,25H,5-9,11-15,19H2,1-4H3,(H,32,38)(H,34,39). The Labute approximate surface area is 231 Å². The molecule has 3 aromatic rings. The van der Waals surface area contributed by atoms with E-state index in [1.807, 2.05) is 32.2 Å². The normalized spacial score (nSPS) is 16.8. The molecule has 1 aliphatic carbocycles. The average molecular weight is 531 g/mol. The van der Waals surface area contributed by atoms with Gasteiger partial charge >= 0.3 is 0 Å². The number of amides is 1. The number of aromatic amines is 1. The monoisotopic (exact) mass is 530 g/mol. The quantitative estimate of drug-likeness (QED) is 0.428. The van der Waals surface area contributed by atoms with Crippen molar-refractivity contribution in [2.45, 2.75) is 65.0 Å². The van der Waals surface area contributed by atoms with Gasteiger partial charge in [-0.25, -0.2) is 0 Å². The molecule has 5 rings (SSSR count). The zero-order valence-corrected chi connectivity index (χ0v) is 23.8. The number of nitrogens with one attached hydrogen (secondary N) is 2. The lowest BCUT2D eigenvalue weighted by molar-refractivity contribution is 0.0952. The number of aromatic nitrogens is 3. The minimum atomic E-state index is -0.172. The van der Waals surface area contributed by atoms with Gasteiger partial charge in [-0.3, -0.25) is 19.2 Å². The fourth-order valence-electron chi connectivity index (χ4n) is 6.11. The molecule has 2 N–H and O–H groups in total. The van der Waals surface area contributed by atoms with E-state index in [1.54, 1.807) is 0 Å². The largest absolute Gasteiger partial charge is 0.348 e. The molecule has 0 spiro atoms. The average Bonchev–Trinajstić information content (AvgIpc) is 3.57. The molecule has 0 saturated heterocycles. The number of nitrogens with zero attached hydrogens (tertiary/aromatic N) is 4. The van der Waals surface area contributed by atoms with Crippen LogP contribution >= 0.6 is 0 Å². The maximum Gasteiger partial charge on any atom is 0.253 e. The third kappa shape index (κ3) is 6.17. The molecule has 8 heteroatoms. The Hall–Kier alpha value is -3.23. The van der Waals surface area contributed by atoms with Gasteiger partial charge in [0, 0.05) is 36.3 Å².